The van der Waals surface area contributed by atoms with Crippen LogP contribution >= 0.6 is 0 Å². The van der Waals surface area contributed by atoms with Crippen LogP contribution in [-0.4, -0.2) is 27.6 Å². The Kier molecular flexibility index (Phi) is 3.79. The number of aryl methyl sites for hydroxylation is 1. The minimum atomic E-state index is -1.02. The molecule has 0 spiro atoms. The number of nitrogens with one attached hydrogen (secondary N) is 1. The van der Waals surface area contributed by atoms with Crippen LogP contribution in [0.5, 0.6) is 0 Å². The molecule has 0 bridgehead atoms. The van der Waals surface area contributed by atoms with Gasteiger partial charge in [0.1, 0.15) is 6.04 Å². The fraction of sp³-hybridized carbons (Fsp3) is 0.333. The van der Waals surface area contributed by atoms with E-state index in [9.17, 15) is 9.59 Å². The number of amides is 1. The van der Waals surface area contributed by atoms with Gasteiger partial charge in [-0.3, -0.25) is 4.79 Å². The summed E-state index contributed by atoms with van der Waals surface area (Å²) in [5, 5.41) is 12.7. The highest BCUT2D eigenvalue weighted by Crippen LogP contribution is 2.17. The molecule has 1 aromatic heterocycles. The summed E-state index contributed by atoms with van der Waals surface area (Å²) in [6.07, 6.45) is 1.92. The molecule has 0 aliphatic heterocycles. The smallest absolute Gasteiger partial charge is 0.326 e. The Morgan fingerprint density at radius 2 is 1.95 bits per heavy atom. The summed E-state index contributed by atoms with van der Waals surface area (Å²) in [5.41, 5.74) is 1.40. The number of fused-ring (bicyclic) bond motifs is 1. The van der Waals surface area contributed by atoms with E-state index in [0.29, 0.717) is 5.56 Å². The van der Waals surface area contributed by atoms with E-state index in [1.54, 1.807) is 26.0 Å². The van der Waals surface area contributed by atoms with Crippen LogP contribution in [0.4, 0.5) is 0 Å². The maximum Gasteiger partial charge on any atom is 0.326 e. The number of hydrogen-bond donors (Lipinski definition) is 2. The Labute approximate surface area is 117 Å². The molecule has 0 unspecified atom stereocenters. The van der Waals surface area contributed by atoms with E-state index < -0.39 is 12.0 Å². The average molecular weight is 274 g/mol. The molecule has 2 rings (SSSR count). The van der Waals surface area contributed by atoms with Crippen LogP contribution in [0, 0.1) is 5.92 Å². The van der Waals surface area contributed by atoms with E-state index in [4.69, 9.17) is 5.11 Å². The van der Waals surface area contributed by atoms with Gasteiger partial charge in [0.2, 0.25) is 0 Å². The summed E-state index contributed by atoms with van der Waals surface area (Å²) >= 11 is 0. The minimum Gasteiger partial charge on any atom is -0.480 e. The molecule has 5 nitrogen and oxygen atoms in total. The van der Waals surface area contributed by atoms with E-state index >= 15 is 0 Å². The van der Waals surface area contributed by atoms with Crippen LogP contribution in [0.2, 0.25) is 0 Å². The van der Waals surface area contributed by atoms with Crippen molar-refractivity contribution in [1.82, 2.24) is 9.88 Å². The standard InChI is InChI=1S/C15H18N2O3/c1-9(2)13(15(19)20)16-14(18)11-5-4-10-6-7-17(3)12(10)8-11/h4-9,13H,1-3H3,(H,16,18)(H,19,20)/t13-/m1/s1. The lowest BCUT2D eigenvalue weighted by molar-refractivity contribution is -0.140. The van der Waals surface area contributed by atoms with E-state index in [0.717, 1.165) is 10.9 Å². The molecule has 0 fully saturated rings. The number of hydrogen-bond acceptors (Lipinski definition) is 2. The third kappa shape index (κ3) is 2.66. The van der Waals surface area contributed by atoms with Gasteiger partial charge in [0.25, 0.3) is 5.91 Å². The SMILES string of the molecule is CC(C)[C@@H](NC(=O)c1ccc2ccn(C)c2c1)C(=O)O. The highest BCUT2D eigenvalue weighted by Gasteiger charge is 2.24. The van der Waals surface area contributed by atoms with Crippen molar-refractivity contribution in [3.05, 3.63) is 36.0 Å². The number of carboxylic acid groups (broad SMARTS) is 1. The van der Waals surface area contributed by atoms with Gasteiger partial charge in [-0.25, -0.2) is 4.79 Å². The molecule has 1 atom stereocenters. The number of nitrogens with zero attached hydrogens (tertiary/aromatic N) is 1. The summed E-state index contributed by atoms with van der Waals surface area (Å²) in [7, 11) is 1.90. The van der Waals surface area contributed by atoms with Gasteiger partial charge in [-0.2, -0.15) is 0 Å². The third-order valence-corrected chi connectivity index (χ3v) is 3.37. The van der Waals surface area contributed by atoms with Crippen molar-refractivity contribution in [3.8, 4) is 0 Å². The largest absolute Gasteiger partial charge is 0.480 e. The summed E-state index contributed by atoms with van der Waals surface area (Å²) in [5.74, 6) is -1.56. The fourth-order valence-corrected chi connectivity index (χ4v) is 2.14. The summed E-state index contributed by atoms with van der Waals surface area (Å²) in [6, 6.07) is 6.41. The highest BCUT2D eigenvalue weighted by atomic mass is 16.4. The van der Waals surface area contributed by atoms with Crippen LogP contribution in [0.1, 0.15) is 24.2 Å². The first kappa shape index (κ1) is 14.1. The first-order valence-electron chi connectivity index (χ1n) is 6.49. The number of carbonyl (C=O) groups is 2. The highest BCUT2D eigenvalue weighted by molar-refractivity contribution is 5.99. The van der Waals surface area contributed by atoms with Crippen LogP contribution in [0.3, 0.4) is 0 Å². The summed E-state index contributed by atoms with van der Waals surface area (Å²) < 4.78 is 1.92. The zero-order valence-corrected chi connectivity index (χ0v) is 11.8. The Hall–Kier alpha value is -2.30. The van der Waals surface area contributed by atoms with E-state index in [-0.39, 0.29) is 11.8 Å². The lowest BCUT2D eigenvalue weighted by atomic mass is 10.0. The van der Waals surface area contributed by atoms with Crippen molar-refractivity contribution in [2.75, 3.05) is 0 Å². The maximum absolute atomic E-state index is 12.2. The number of carboxylic acids is 1. The lowest BCUT2D eigenvalue weighted by Gasteiger charge is -2.17. The molecule has 0 aliphatic carbocycles. The normalized spacial score (nSPS) is 12.6. The first-order valence-corrected chi connectivity index (χ1v) is 6.49. The van der Waals surface area contributed by atoms with Gasteiger partial charge in [0.05, 0.1) is 0 Å². The van der Waals surface area contributed by atoms with Crippen LogP contribution in [-0.2, 0) is 11.8 Å². The molecule has 1 heterocycles. The maximum atomic E-state index is 12.2. The van der Waals surface area contributed by atoms with Crippen molar-refractivity contribution in [2.45, 2.75) is 19.9 Å². The van der Waals surface area contributed by atoms with Gasteiger partial charge in [-0.05, 0) is 29.5 Å². The second-order valence-electron chi connectivity index (χ2n) is 5.23. The molecule has 2 aromatic rings. The van der Waals surface area contributed by atoms with Crippen molar-refractivity contribution >= 4 is 22.8 Å². The molecule has 5 heteroatoms. The van der Waals surface area contributed by atoms with Crippen LogP contribution < -0.4 is 5.32 Å². The van der Waals surface area contributed by atoms with Crippen LogP contribution in [0.25, 0.3) is 10.9 Å². The Morgan fingerprint density at radius 3 is 2.55 bits per heavy atom. The minimum absolute atomic E-state index is 0.171. The molecule has 1 amide bonds. The van der Waals surface area contributed by atoms with Crippen molar-refractivity contribution in [3.63, 3.8) is 0 Å². The average Bonchev–Trinajstić information content (AvgIpc) is 2.76. The Balaban J connectivity index is 2.26. The van der Waals surface area contributed by atoms with Gasteiger partial charge in [-0.1, -0.05) is 19.9 Å². The van der Waals surface area contributed by atoms with Gasteiger partial charge in [0, 0.05) is 24.3 Å². The molecular formula is C15H18N2O3. The predicted molar refractivity (Wildman–Crippen MR) is 76.6 cm³/mol. The third-order valence-electron chi connectivity index (χ3n) is 3.37. The topological polar surface area (TPSA) is 71.3 Å². The van der Waals surface area contributed by atoms with Gasteiger partial charge in [-0.15, -0.1) is 0 Å². The molecule has 106 valence electrons. The summed E-state index contributed by atoms with van der Waals surface area (Å²) in [6.45, 7) is 3.53. The molecule has 0 radical (unpaired) electrons. The number of aliphatic carboxylic acids is 1. The summed E-state index contributed by atoms with van der Waals surface area (Å²) in [4.78, 5) is 23.3. The zero-order chi connectivity index (χ0) is 14.9. The second kappa shape index (κ2) is 5.36. The molecule has 0 saturated heterocycles. The molecule has 1 aromatic carbocycles. The Bertz CT molecular complexity index is 658. The van der Waals surface area contributed by atoms with Crippen molar-refractivity contribution in [1.29, 1.82) is 0 Å². The second-order valence-corrected chi connectivity index (χ2v) is 5.23. The van der Waals surface area contributed by atoms with Crippen molar-refractivity contribution < 1.29 is 14.7 Å². The molecular weight excluding hydrogens is 256 g/mol. The number of benzene rings is 1. The number of aromatic nitrogens is 1. The Morgan fingerprint density at radius 1 is 1.25 bits per heavy atom. The van der Waals surface area contributed by atoms with Gasteiger partial charge in [0.15, 0.2) is 0 Å². The quantitative estimate of drug-likeness (QED) is 0.896. The first-order chi connectivity index (χ1) is 9.40. The molecule has 0 saturated carbocycles. The zero-order valence-electron chi connectivity index (χ0n) is 11.8. The lowest BCUT2D eigenvalue weighted by Crippen LogP contribution is -2.44. The molecule has 2 N–H and O–H groups in total. The van der Waals surface area contributed by atoms with Gasteiger partial charge < -0.3 is 15.0 Å². The van der Waals surface area contributed by atoms with E-state index in [1.165, 1.54) is 0 Å². The number of rotatable bonds is 4. The predicted octanol–water partition coefficient (Wildman–Crippen LogP) is 2.02. The van der Waals surface area contributed by atoms with Crippen LogP contribution in [0.15, 0.2) is 30.5 Å². The van der Waals surface area contributed by atoms with E-state index in [1.807, 2.05) is 29.9 Å². The molecule has 0 aliphatic rings. The van der Waals surface area contributed by atoms with Gasteiger partial charge >= 0.3 is 5.97 Å². The fourth-order valence-electron chi connectivity index (χ4n) is 2.14. The monoisotopic (exact) mass is 274 g/mol. The number of carbonyl (C=O) groups excluding carboxylic acids is 1. The van der Waals surface area contributed by atoms with E-state index in [2.05, 4.69) is 5.32 Å². The van der Waals surface area contributed by atoms with Crippen molar-refractivity contribution in [2.24, 2.45) is 13.0 Å². The molecule has 20 heavy (non-hydrogen) atoms.